The van der Waals surface area contributed by atoms with Crippen molar-refractivity contribution < 1.29 is 14.3 Å². The minimum absolute atomic E-state index is 0.320. The van der Waals surface area contributed by atoms with Crippen LogP contribution in [0.25, 0.3) is 0 Å². The normalized spacial score (nSPS) is 14.2. The minimum Gasteiger partial charge on any atom is -0.465 e. The highest BCUT2D eigenvalue weighted by Gasteiger charge is 2.19. The number of morpholine rings is 1. The smallest absolute Gasteiger partial charge is 0.340 e. The van der Waals surface area contributed by atoms with Crippen LogP contribution in [0.3, 0.4) is 0 Å². The number of nitrogens with zero attached hydrogens (tertiary/aromatic N) is 1. The first kappa shape index (κ1) is 18.6. The van der Waals surface area contributed by atoms with Gasteiger partial charge in [0.15, 0.2) is 0 Å². The highest BCUT2D eigenvalue weighted by atomic mass is 32.2. The standard InChI is InChI=1S/C20H24N2O3S/c1-24-20(23)18-13-16(5-8-19(18)22-9-11-25-12-10-22)21-14-15-3-6-17(26-2)7-4-15/h3-8,13,21H,9-12,14H2,1-2H3. The molecule has 5 nitrogen and oxygen atoms in total. The monoisotopic (exact) mass is 372 g/mol. The zero-order chi connectivity index (χ0) is 18.4. The number of hydrogen-bond acceptors (Lipinski definition) is 6. The van der Waals surface area contributed by atoms with Gasteiger partial charge in [0.25, 0.3) is 0 Å². The SMILES string of the molecule is COC(=O)c1cc(NCc2ccc(SC)cc2)ccc1N1CCOCC1. The Labute approximate surface area is 158 Å². The second-order valence-electron chi connectivity index (χ2n) is 6.02. The number of methoxy groups -OCH3 is 1. The van der Waals surface area contributed by atoms with Crippen LogP contribution in [0.4, 0.5) is 11.4 Å². The van der Waals surface area contributed by atoms with Crippen LogP contribution in [-0.4, -0.2) is 45.6 Å². The lowest BCUT2D eigenvalue weighted by Gasteiger charge is -2.30. The topological polar surface area (TPSA) is 50.8 Å². The summed E-state index contributed by atoms with van der Waals surface area (Å²) in [4.78, 5) is 15.7. The van der Waals surface area contributed by atoms with E-state index < -0.39 is 0 Å². The Morgan fingerprint density at radius 2 is 1.92 bits per heavy atom. The summed E-state index contributed by atoms with van der Waals surface area (Å²) >= 11 is 1.73. The Hall–Kier alpha value is -2.18. The van der Waals surface area contributed by atoms with Crippen LogP contribution < -0.4 is 10.2 Å². The lowest BCUT2D eigenvalue weighted by Crippen LogP contribution is -2.37. The van der Waals surface area contributed by atoms with Gasteiger partial charge in [-0.15, -0.1) is 11.8 Å². The molecule has 2 aromatic carbocycles. The number of ether oxygens (including phenoxy) is 2. The van der Waals surface area contributed by atoms with E-state index in [4.69, 9.17) is 9.47 Å². The Morgan fingerprint density at radius 3 is 2.58 bits per heavy atom. The van der Waals surface area contributed by atoms with Gasteiger partial charge < -0.3 is 19.7 Å². The van der Waals surface area contributed by atoms with Crippen molar-refractivity contribution in [3.05, 3.63) is 53.6 Å². The molecule has 2 aromatic rings. The first-order valence-corrected chi connectivity index (χ1v) is 9.85. The summed E-state index contributed by atoms with van der Waals surface area (Å²) < 4.78 is 10.4. The molecule has 1 aliphatic heterocycles. The van der Waals surface area contributed by atoms with Crippen molar-refractivity contribution in [3.8, 4) is 0 Å². The van der Waals surface area contributed by atoms with E-state index in [0.29, 0.717) is 25.3 Å². The van der Waals surface area contributed by atoms with Crippen LogP contribution in [0, 0.1) is 0 Å². The van der Waals surface area contributed by atoms with Gasteiger partial charge in [0.2, 0.25) is 0 Å². The molecular weight excluding hydrogens is 348 g/mol. The highest BCUT2D eigenvalue weighted by molar-refractivity contribution is 7.98. The van der Waals surface area contributed by atoms with E-state index >= 15 is 0 Å². The number of hydrogen-bond donors (Lipinski definition) is 1. The Kier molecular flexibility index (Phi) is 6.41. The molecule has 1 fully saturated rings. The fraction of sp³-hybridized carbons (Fsp3) is 0.350. The predicted molar refractivity (Wildman–Crippen MR) is 106 cm³/mol. The van der Waals surface area contributed by atoms with Gasteiger partial charge in [0.05, 0.1) is 31.6 Å². The van der Waals surface area contributed by atoms with E-state index in [-0.39, 0.29) is 5.97 Å². The minimum atomic E-state index is -0.320. The van der Waals surface area contributed by atoms with Gasteiger partial charge in [-0.05, 0) is 42.2 Å². The highest BCUT2D eigenvalue weighted by Crippen LogP contribution is 2.26. The number of carbonyl (C=O) groups is 1. The molecule has 0 aromatic heterocycles. The molecule has 0 bridgehead atoms. The van der Waals surface area contributed by atoms with E-state index in [9.17, 15) is 4.79 Å². The average Bonchev–Trinajstić information content (AvgIpc) is 2.72. The maximum absolute atomic E-state index is 12.3. The van der Waals surface area contributed by atoms with Gasteiger partial charge in [-0.3, -0.25) is 0 Å². The van der Waals surface area contributed by atoms with Crippen molar-refractivity contribution in [3.63, 3.8) is 0 Å². The van der Waals surface area contributed by atoms with Crippen LogP contribution in [0.1, 0.15) is 15.9 Å². The van der Waals surface area contributed by atoms with Gasteiger partial charge in [0.1, 0.15) is 0 Å². The molecule has 1 heterocycles. The summed E-state index contributed by atoms with van der Waals surface area (Å²) in [5.41, 5.74) is 3.57. The van der Waals surface area contributed by atoms with Gasteiger partial charge in [-0.2, -0.15) is 0 Å². The molecule has 0 saturated carbocycles. The zero-order valence-electron chi connectivity index (χ0n) is 15.2. The zero-order valence-corrected chi connectivity index (χ0v) is 16.0. The van der Waals surface area contributed by atoms with Gasteiger partial charge >= 0.3 is 5.97 Å². The molecule has 1 N–H and O–H groups in total. The van der Waals surface area contributed by atoms with E-state index in [1.165, 1.54) is 17.6 Å². The number of anilines is 2. The summed E-state index contributed by atoms with van der Waals surface area (Å²) in [6.45, 7) is 3.60. The Bertz CT molecular complexity index is 743. The Balaban J connectivity index is 1.75. The lowest BCUT2D eigenvalue weighted by molar-refractivity contribution is 0.0600. The molecule has 0 atom stereocenters. The van der Waals surface area contributed by atoms with Crippen LogP contribution in [0.2, 0.25) is 0 Å². The number of rotatable bonds is 6. The van der Waals surface area contributed by atoms with Gasteiger partial charge in [-0.1, -0.05) is 12.1 Å². The second kappa shape index (κ2) is 8.96. The van der Waals surface area contributed by atoms with Crippen molar-refractivity contribution in [1.29, 1.82) is 0 Å². The first-order chi connectivity index (χ1) is 12.7. The molecule has 0 radical (unpaired) electrons. The second-order valence-corrected chi connectivity index (χ2v) is 6.90. The number of nitrogens with one attached hydrogen (secondary N) is 1. The molecule has 3 rings (SSSR count). The van der Waals surface area contributed by atoms with Crippen LogP contribution >= 0.6 is 11.8 Å². The quantitative estimate of drug-likeness (QED) is 0.617. The third-order valence-electron chi connectivity index (χ3n) is 4.41. The molecule has 0 unspecified atom stereocenters. The maximum Gasteiger partial charge on any atom is 0.340 e. The molecule has 0 aliphatic carbocycles. The van der Waals surface area contributed by atoms with E-state index in [0.717, 1.165) is 24.5 Å². The fourth-order valence-electron chi connectivity index (χ4n) is 2.95. The molecule has 1 saturated heterocycles. The molecule has 0 amide bonds. The Morgan fingerprint density at radius 1 is 1.19 bits per heavy atom. The van der Waals surface area contributed by atoms with Crippen LogP contribution in [0.5, 0.6) is 0 Å². The summed E-state index contributed by atoms with van der Waals surface area (Å²) in [5, 5.41) is 3.39. The summed E-state index contributed by atoms with van der Waals surface area (Å²) in [6, 6.07) is 14.3. The van der Waals surface area contributed by atoms with Crippen molar-refractivity contribution in [1.82, 2.24) is 0 Å². The predicted octanol–water partition coefficient (Wildman–Crippen LogP) is 3.64. The van der Waals surface area contributed by atoms with Crippen molar-refractivity contribution in [2.45, 2.75) is 11.4 Å². The number of thioether (sulfide) groups is 1. The van der Waals surface area contributed by atoms with E-state index in [1.54, 1.807) is 11.8 Å². The number of esters is 1. The maximum atomic E-state index is 12.3. The lowest BCUT2D eigenvalue weighted by atomic mass is 10.1. The van der Waals surface area contributed by atoms with E-state index in [2.05, 4.69) is 40.7 Å². The molecule has 138 valence electrons. The summed E-state index contributed by atoms with van der Waals surface area (Å²) in [6.07, 6.45) is 2.07. The number of carbonyl (C=O) groups excluding carboxylic acids is 1. The van der Waals surface area contributed by atoms with Crippen molar-refractivity contribution in [2.24, 2.45) is 0 Å². The summed E-state index contributed by atoms with van der Waals surface area (Å²) in [7, 11) is 1.42. The largest absolute Gasteiger partial charge is 0.465 e. The third kappa shape index (κ3) is 4.51. The van der Waals surface area contributed by atoms with E-state index in [1.807, 2.05) is 18.2 Å². The third-order valence-corrected chi connectivity index (χ3v) is 5.15. The molecule has 0 spiro atoms. The molecule has 26 heavy (non-hydrogen) atoms. The molecule has 6 heteroatoms. The van der Waals surface area contributed by atoms with Gasteiger partial charge in [0, 0.05) is 30.2 Å². The van der Waals surface area contributed by atoms with Gasteiger partial charge in [-0.25, -0.2) is 4.79 Å². The van der Waals surface area contributed by atoms with Crippen LogP contribution in [0.15, 0.2) is 47.4 Å². The van der Waals surface area contributed by atoms with Crippen molar-refractivity contribution in [2.75, 3.05) is 49.9 Å². The van der Waals surface area contributed by atoms with Crippen molar-refractivity contribution >= 4 is 29.1 Å². The molecule has 1 aliphatic rings. The molecular formula is C20H24N2O3S. The average molecular weight is 372 g/mol. The number of benzene rings is 2. The first-order valence-electron chi connectivity index (χ1n) is 8.63. The summed E-state index contributed by atoms with van der Waals surface area (Å²) in [5.74, 6) is -0.320. The fourth-order valence-corrected chi connectivity index (χ4v) is 3.36. The van der Waals surface area contributed by atoms with Crippen LogP contribution in [-0.2, 0) is 16.0 Å².